The third kappa shape index (κ3) is 3.91. The van der Waals surface area contributed by atoms with E-state index >= 15 is 0 Å². The standard InChI is InChI=1S/C22H19FN2O4S/c23-19-8-7-16(15-5-2-1-3-6-15)11-18(19)14-30(28,29)20-12-17(13-24-21(20)26)22(27)25-9-4-10-25/h1-3,5-8,11-13H,4,9-10,14H2,(H,24,26). The molecular formula is C22H19FN2O4S. The molecule has 1 aromatic heterocycles. The second-order valence-corrected chi connectivity index (χ2v) is 9.12. The number of halogens is 1. The fourth-order valence-electron chi connectivity index (χ4n) is 3.30. The van der Waals surface area contributed by atoms with Gasteiger partial charge in [0.1, 0.15) is 10.7 Å². The molecule has 0 unspecified atom stereocenters. The molecule has 6 nitrogen and oxygen atoms in total. The molecule has 8 heteroatoms. The Morgan fingerprint density at radius 3 is 2.43 bits per heavy atom. The number of nitrogens with one attached hydrogen (secondary N) is 1. The Bertz CT molecular complexity index is 1270. The summed E-state index contributed by atoms with van der Waals surface area (Å²) < 4.78 is 40.3. The molecule has 0 bridgehead atoms. The molecule has 4 rings (SSSR count). The average Bonchev–Trinajstić information content (AvgIpc) is 2.69. The average molecular weight is 426 g/mol. The number of amides is 1. The molecule has 3 aromatic rings. The van der Waals surface area contributed by atoms with Crippen molar-refractivity contribution in [3.63, 3.8) is 0 Å². The number of carbonyl (C=O) groups is 1. The molecule has 0 spiro atoms. The topological polar surface area (TPSA) is 87.3 Å². The number of H-pyrrole nitrogens is 1. The third-order valence-corrected chi connectivity index (χ3v) is 6.76. The van der Waals surface area contributed by atoms with E-state index in [2.05, 4.69) is 4.98 Å². The summed E-state index contributed by atoms with van der Waals surface area (Å²) >= 11 is 0. The fraction of sp³-hybridized carbons (Fsp3) is 0.182. The Balaban J connectivity index is 1.68. The van der Waals surface area contributed by atoms with Crippen molar-refractivity contribution in [3.05, 3.63) is 88.1 Å². The lowest BCUT2D eigenvalue weighted by Gasteiger charge is -2.30. The first-order valence-electron chi connectivity index (χ1n) is 9.44. The third-order valence-electron chi connectivity index (χ3n) is 5.09. The van der Waals surface area contributed by atoms with E-state index in [1.807, 2.05) is 30.3 Å². The molecular weight excluding hydrogens is 407 g/mol. The number of rotatable bonds is 5. The van der Waals surface area contributed by atoms with Gasteiger partial charge in [0.05, 0.1) is 11.3 Å². The second-order valence-electron chi connectivity index (χ2n) is 7.16. The number of nitrogens with zero attached hydrogens (tertiary/aromatic N) is 1. The smallest absolute Gasteiger partial charge is 0.266 e. The monoisotopic (exact) mass is 426 g/mol. The van der Waals surface area contributed by atoms with Crippen molar-refractivity contribution >= 4 is 15.7 Å². The van der Waals surface area contributed by atoms with Crippen LogP contribution in [0.2, 0.25) is 0 Å². The zero-order valence-corrected chi connectivity index (χ0v) is 16.8. The van der Waals surface area contributed by atoms with Crippen LogP contribution in [0.3, 0.4) is 0 Å². The molecule has 1 aliphatic rings. The number of likely N-dealkylation sites (tertiary alicyclic amines) is 1. The van der Waals surface area contributed by atoms with E-state index in [1.165, 1.54) is 18.3 Å². The van der Waals surface area contributed by atoms with Crippen molar-refractivity contribution in [2.45, 2.75) is 17.1 Å². The van der Waals surface area contributed by atoms with Gasteiger partial charge in [-0.05, 0) is 35.7 Å². The highest BCUT2D eigenvalue weighted by molar-refractivity contribution is 7.90. The highest BCUT2D eigenvalue weighted by Gasteiger charge is 2.26. The Hall–Kier alpha value is -3.26. The number of aromatic nitrogens is 1. The maximum Gasteiger partial charge on any atom is 0.266 e. The normalized spacial score (nSPS) is 13.7. The summed E-state index contributed by atoms with van der Waals surface area (Å²) in [6, 6.07) is 14.5. The van der Waals surface area contributed by atoms with Gasteiger partial charge in [-0.1, -0.05) is 36.4 Å². The van der Waals surface area contributed by atoms with Crippen molar-refractivity contribution in [3.8, 4) is 11.1 Å². The Morgan fingerprint density at radius 2 is 1.77 bits per heavy atom. The van der Waals surface area contributed by atoms with E-state index in [0.717, 1.165) is 18.1 Å². The summed E-state index contributed by atoms with van der Waals surface area (Å²) in [6.07, 6.45) is 2.09. The highest BCUT2D eigenvalue weighted by Crippen LogP contribution is 2.25. The van der Waals surface area contributed by atoms with Crippen LogP contribution in [0.5, 0.6) is 0 Å². The van der Waals surface area contributed by atoms with Gasteiger partial charge in [-0.25, -0.2) is 12.8 Å². The van der Waals surface area contributed by atoms with Crippen LogP contribution in [0.25, 0.3) is 11.1 Å². The van der Waals surface area contributed by atoms with Crippen LogP contribution in [0.4, 0.5) is 4.39 Å². The van der Waals surface area contributed by atoms with Crippen molar-refractivity contribution < 1.29 is 17.6 Å². The van der Waals surface area contributed by atoms with E-state index in [-0.39, 0.29) is 17.0 Å². The summed E-state index contributed by atoms with van der Waals surface area (Å²) in [4.78, 5) is 27.9. The quantitative estimate of drug-likeness (QED) is 0.680. The number of pyridine rings is 1. The van der Waals surface area contributed by atoms with Crippen LogP contribution < -0.4 is 5.56 Å². The zero-order chi connectivity index (χ0) is 21.3. The Kier molecular flexibility index (Phi) is 5.26. The van der Waals surface area contributed by atoms with E-state index in [1.54, 1.807) is 11.0 Å². The maximum atomic E-state index is 14.4. The van der Waals surface area contributed by atoms with Crippen molar-refractivity contribution in [1.82, 2.24) is 9.88 Å². The molecule has 1 N–H and O–H groups in total. The molecule has 30 heavy (non-hydrogen) atoms. The van der Waals surface area contributed by atoms with Gasteiger partial charge in [0.15, 0.2) is 9.84 Å². The first-order valence-corrected chi connectivity index (χ1v) is 11.1. The minimum absolute atomic E-state index is 0.0461. The van der Waals surface area contributed by atoms with Crippen molar-refractivity contribution in [1.29, 1.82) is 0 Å². The van der Waals surface area contributed by atoms with Crippen LogP contribution in [-0.2, 0) is 15.6 Å². The zero-order valence-electron chi connectivity index (χ0n) is 16.0. The molecule has 1 saturated heterocycles. The van der Waals surface area contributed by atoms with E-state index in [4.69, 9.17) is 0 Å². The number of sulfone groups is 1. The number of hydrogen-bond acceptors (Lipinski definition) is 4. The molecule has 0 atom stereocenters. The van der Waals surface area contributed by atoms with Gasteiger partial charge >= 0.3 is 0 Å². The largest absolute Gasteiger partial charge is 0.338 e. The lowest BCUT2D eigenvalue weighted by Crippen LogP contribution is -2.42. The predicted molar refractivity (Wildman–Crippen MR) is 110 cm³/mol. The van der Waals surface area contributed by atoms with Crippen molar-refractivity contribution in [2.75, 3.05) is 13.1 Å². The summed E-state index contributed by atoms with van der Waals surface area (Å²) in [7, 11) is -4.19. The first kappa shape index (κ1) is 20.0. The van der Waals surface area contributed by atoms with Gasteiger partial charge in [-0.3, -0.25) is 9.59 Å². The minimum atomic E-state index is -4.19. The summed E-state index contributed by atoms with van der Waals surface area (Å²) in [5, 5.41) is 0. The first-order chi connectivity index (χ1) is 14.3. The van der Waals surface area contributed by atoms with Crippen LogP contribution in [-0.4, -0.2) is 37.3 Å². The van der Waals surface area contributed by atoms with E-state index in [9.17, 15) is 22.4 Å². The maximum absolute atomic E-state index is 14.4. The number of aromatic amines is 1. The van der Waals surface area contributed by atoms with Gasteiger partial charge in [-0.15, -0.1) is 0 Å². The number of carbonyl (C=O) groups excluding carboxylic acids is 1. The number of hydrogen-bond donors (Lipinski definition) is 1. The van der Waals surface area contributed by atoms with Gasteiger partial charge in [0, 0.05) is 24.8 Å². The Labute approximate surface area is 172 Å². The molecule has 154 valence electrons. The number of benzene rings is 2. The van der Waals surface area contributed by atoms with E-state index in [0.29, 0.717) is 18.7 Å². The lowest BCUT2D eigenvalue weighted by molar-refractivity contribution is 0.0651. The molecule has 2 heterocycles. The summed E-state index contributed by atoms with van der Waals surface area (Å²) in [5.74, 6) is -1.71. The molecule has 0 saturated carbocycles. The SMILES string of the molecule is O=C(c1c[nH]c(=O)c(S(=O)(=O)Cc2cc(-c3ccccc3)ccc2F)c1)N1CCC1. The van der Waals surface area contributed by atoms with Crippen LogP contribution in [0.15, 0.2) is 70.5 Å². The van der Waals surface area contributed by atoms with Gasteiger partial charge in [0.2, 0.25) is 0 Å². The van der Waals surface area contributed by atoms with Gasteiger partial charge in [0.25, 0.3) is 11.5 Å². The minimum Gasteiger partial charge on any atom is -0.338 e. The summed E-state index contributed by atoms with van der Waals surface area (Å²) in [6.45, 7) is 1.19. The predicted octanol–water partition coefficient (Wildman–Crippen LogP) is 3.00. The molecule has 0 radical (unpaired) electrons. The van der Waals surface area contributed by atoms with Gasteiger partial charge in [-0.2, -0.15) is 0 Å². The molecule has 1 aliphatic heterocycles. The lowest BCUT2D eigenvalue weighted by atomic mass is 10.0. The van der Waals surface area contributed by atoms with E-state index < -0.39 is 31.9 Å². The molecule has 2 aromatic carbocycles. The summed E-state index contributed by atoms with van der Waals surface area (Å²) in [5.41, 5.74) is 0.686. The van der Waals surface area contributed by atoms with Crippen LogP contribution >= 0.6 is 0 Å². The van der Waals surface area contributed by atoms with Crippen LogP contribution in [0, 0.1) is 5.82 Å². The highest BCUT2D eigenvalue weighted by atomic mass is 32.2. The Morgan fingerprint density at radius 1 is 1.03 bits per heavy atom. The fourth-order valence-corrected chi connectivity index (χ4v) is 4.73. The second kappa shape index (κ2) is 7.87. The van der Waals surface area contributed by atoms with Crippen LogP contribution in [0.1, 0.15) is 22.3 Å². The molecule has 1 amide bonds. The molecule has 1 fully saturated rings. The van der Waals surface area contributed by atoms with Crippen molar-refractivity contribution in [2.24, 2.45) is 0 Å². The molecule has 0 aliphatic carbocycles. The van der Waals surface area contributed by atoms with Gasteiger partial charge < -0.3 is 9.88 Å².